The summed E-state index contributed by atoms with van der Waals surface area (Å²) in [5.74, 6) is -3.09. The van der Waals surface area contributed by atoms with Gasteiger partial charge in [0.15, 0.2) is 5.71 Å². The Morgan fingerprint density at radius 3 is 2.04 bits per heavy atom. The van der Waals surface area contributed by atoms with Crippen molar-refractivity contribution in [1.82, 2.24) is 15.0 Å². The van der Waals surface area contributed by atoms with E-state index in [9.17, 15) is 48.5 Å². The standard InChI is InChI=1S/C30H20ClN7O12S3/c31-28-34-29(32-17-8-5-15(6-9-17)27(40)41)36-30(35-28)33-21-13-18(51(42,43)44)11-16-12-22(52(45,46)47)24(25(39)23(16)21)38-37-20-10-7-14-3-1-2-4-19(14)26(20)53(48,49)50/h1-13,37H,(H,40,41)(H,42,43,44)(H,45,46,47)(H,48,49,50)(H2,32,33,34,35,36). The van der Waals surface area contributed by atoms with E-state index in [4.69, 9.17) is 16.7 Å². The number of allylic oxidation sites excluding steroid dienone is 1. The molecular weight excluding hydrogens is 782 g/mol. The van der Waals surface area contributed by atoms with E-state index in [1.165, 1.54) is 48.5 Å². The second-order valence-electron chi connectivity index (χ2n) is 10.8. The van der Waals surface area contributed by atoms with Crippen molar-refractivity contribution in [3.63, 3.8) is 0 Å². The maximum Gasteiger partial charge on any atom is 0.335 e. The summed E-state index contributed by atoms with van der Waals surface area (Å²) in [5.41, 5.74) is -0.263. The molecule has 0 atom stereocenters. The highest BCUT2D eigenvalue weighted by Crippen LogP contribution is 2.36. The van der Waals surface area contributed by atoms with E-state index in [1.54, 1.807) is 12.1 Å². The van der Waals surface area contributed by atoms with Gasteiger partial charge in [0.25, 0.3) is 30.4 Å². The van der Waals surface area contributed by atoms with Crippen LogP contribution in [0.2, 0.25) is 5.28 Å². The molecule has 1 heterocycles. The molecule has 272 valence electrons. The summed E-state index contributed by atoms with van der Waals surface area (Å²) in [5, 5.41) is 18.3. The first-order chi connectivity index (χ1) is 24.8. The van der Waals surface area contributed by atoms with Crippen LogP contribution >= 0.6 is 11.6 Å². The molecule has 4 aromatic carbocycles. The predicted octanol–water partition coefficient (Wildman–Crippen LogP) is 4.25. The molecule has 0 fully saturated rings. The molecule has 0 saturated carbocycles. The van der Waals surface area contributed by atoms with Gasteiger partial charge in [0.1, 0.15) is 9.80 Å². The van der Waals surface area contributed by atoms with Crippen LogP contribution in [0, 0.1) is 0 Å². The first-order valence-electron chi connectivity index (χ1n) is 14.3. The molecule has 53 heavy (non-hydrogen) atoms. The van der Waals surface area contributed by atoms with E-state index >= 15 is 0 Å². The number of carboxylic acid groups (broad SMARTS) is 1. The maximum absolute atomic E-state index is 14.1. The van der Waals surface area contributed by atoms with E-state index in [1.807, 2.05) is 0 Å². The highest BCUT2D eigenvalue weighted by Gasteiger charge is 2.36. The van der Waals surface area contributed by atoms with Gasteiger partial charge in [0.05, 0.1) is 27.4 Å². The molecular formula is C30H20ClN7O12S3. The number of aromatic nitrogens is 3. The number of carbonyl (C=O) groups is 2. The molecule has 0 amide bonds. The minimum Gasteiger partial charge on any atom is -0.478 e. The Kier molecular flexibility index (Phi) is 9.46. The first kappa shape index (κ1) is 36.9. The Morgan fingerprint density at radius 1 is 0.755 bits per heavy atom. The number of nitrogens with zero attached hydrogens (tertiary/aromatic N) is 4. The van der Waals surface area contributed by atoms with Crippen molar-refractivity contribution in [2.75, 3.05) is 16.1 Å². The van der Waals surface area contributed by atoms with Crippen LogP contribution in [-0.4, -0.2) is 76.4 Å². The number of benzene rings is 4. The lowest BCUT2D eigenvalue weighted by atomic mass is 9.93. The van der Waals surface area contributed by atoms with Gasteiger partial charge in [-0.2, -0.15) is 45.3 Å². The minimum absolute atomic E-state index is 0.0137. The Labute approximate surface area is 303 Å². The van der Waals surface area contributed by atoms with Crippen LogP contribution in [0.1, 0.15) is 26.3 Å². The number of carbonyl (C=O) groups excluding carboxylic acids is 1. The van der Waals surface area contributed by atoms with Crippen molar-refractivity contribution >= 4 is 105 Å². The molecule has 19 nitrogen and oxygen atoms in total. The van der Waals surface area contributed by atoms with Gasteiger partial charge in [-0.25, -0.2) is 4.79 Å². The Balaban J connectivity index is 1.46. The smallest absolute Gasteiger partial charge is 0.335 e. The third-order valence-corrected chi connectivity index (χ3v) is 10.2. The van der Waals surface area contributed by atoms with Crippen LogP contribution in [-0.2, 0) is 30.4 Å². The van der Waals surface area contributed by atoms with Gasteiger partial charge < -0.3 is 15.7 Å². The normalized spacial score (nSPS) is 14.1. The van der Waals surface area contributed by atoms with Gasteiger partial charge in [-0.15, -0.1) is 0 Å². The SMILES string of the molecule is O=C(O)c1ccc(Nc2nc(Cl)nc(Nc3cc(S(=O)(=O)O)cc4c3C(=O)C(=NNc3ccc5ccccc5c3S(=O)(=O)O)C(S(=O)(=O)O)=C4)n2)cc1. The maximum atomic E-state index is 14.1. The van der Waals surface area contributed by atoms with E-state index in [-0.39, 0.29) is 16.9 Å². The number of aromatic carboxylic acids is 1. The van der Waals surface area contributed by atoms with Crippen molar-refractivity contribution in [3.8, 4) is 0 Å². The van der Waals surface area contributed by atoms with Gasteiger partial charge in [-0.3, -0.25) is 23.9 Å². The van der Waals surface area contributed by atoms with Crippen LogP contribution in [0.25, 0.3) is 16.8 Å². The molecule has 7 N–H and O–H groups in total. The summed E-state index contributed by atoms with van der Waals surface area (Å²) < 4.78 is 104. The monoisotopic (exact) mass is 801 g/mol. The minimum atomic E-state index is -5.32. The van der Waals surface area contributed by atoms with Crippen LogP contribution in [0.3, 0.4) is 0 Å². The number of nitrogens with one attached hydrogen (secondary N) is 3. The Hall–Kier alpha value is -5.88. The lowest BCUT2D eigenvalue weighted by molar-refractivity contribution is 0.0696. The summed E-state index contributed by atoms with van der Waals surface area (Å²) in [6, 6.07) is 15.5. The molecule has 0 unspecified atom stereocenters. The van der Waals surface area contributed by atoms with Gasteiger partial charge in [-0.1, -0.05) is 30.3 Å². The second-order valence-corrected chi connectivity index (χ2v) is 15.3. The van der Waals surface area contributed by atoms with Crippen molar-refractivity contribution < 1.29 is 53.6 Å². The number of Topliss-reactive ketones (excluding diaryl/α,β-unsaturated/α-hetero) is 1. The highest BCUT2D eigenvalue weighted by molar-refractivity contribution is 7.91. The van der Waals surface area contributed by atoms with E-state index in [0.717, 1.165) is 12.1 Å². The van der Waals surface area contributed by atoms with Gasteiger partial charge >= 0.3 is 5.97 Å². The molecule has 0 bridgehead atoms. The van der Waals surface area contributed by atoms with Crippen molar-refractivity contribution in [3.05, 3.63) is 99.7 Å². The number of fused-ring (bicyclic) bond motifs is 2. The number of hydrogen-bond donors (Lipinski definition) is 7. The zero-order valence-corrected chi connectivity index (χ0v) is 29.2. The molecule has 1 aliphatic carbocycles. The first-order valence-corrected chi connectivity index (χ1v) is 19.0. The average molecular weight is 802 g/mol. The topological polar surface area (TPSA) is 305 Å². The van der Waals surface area contributed by atoms with Crippen molar-refractivity contribution in [2.45, 2.75) is 9.79 Å². The number of anilines is 5. The lowest BCUT2D eigenvalue weighted by Gasteiger charge is -2.21. The zero-order valence-electron chi connectivity index (χ0n) is 26.0. The van der Waals surface area contributed by atoms with Crippen LogP contribution in [0.15, 0.2) is 92.6 Å². The fraction of sp³-hybridized carbons (Fsp3) is 0. The largest absolute Gasteiger partial charge is 0.478 e. The fourth-order valence-electron chi connectivity index (χ4n) is 5.13. The summed E-state index contributed by atoms with van der Waals surface area (Å²) >= 11 is 6.08. The summed E-state index contributed by atoms with van der Waals surface area (Å²) in [6.45, 7) is 0. The zero-order chi connectivity index (χ0) is 38.5. The third kappa shape index (κ3) is 7.82. The van der Waals surface area contributed by atoms with Crippen LogP contribution in [0.4, 0.5) is 29.0 Å². The molecule has 0 radical (unpaired) electrons. The quantitative estimate of drug-likeness (QED) is 0.0766. The molecule has 0 spiro atoms. The predicted molar refractivity (Wildman–Crippen MR) is 190 cm³/mol. The van der Waals surface area contributed by atoms with Crippen molar-refractivity contribution in [2.24, 2.45) is 5.10 Å². The Morgan fingerprint density at radius 2 is 1.42 bits per heavy atom. The number of hydrogen-bond acceptors (Lipinski definition) is 15. The summed E-state index contributed by atoms with van der Waals surface area (Å²) in [6.07, 6.45) is 0.671. The van der Waals surface area contributed by atoms with Gasteiger partial charge in [-0.05, 0) is 71.1 Å². The molecule has 6 rings (SSSR count). The number of hydrazone groups is 1. The number of rotatable bonds is 10. The number of ketones is 1. The molecule has 23 heteroatoms. The summed E-state index contributed by atoms with van der Waals surface area (Å²) in [7, 11) is -15.3. The third-order valence-electron chi connectivity index (χ3n) is 7.35. The second kappa shape index (κ2) is 13.6. The number of halogens is 1. The van der Waals surface area contributed by atoms with E-state index in [0.29, 0.717) is 17.1 Å². The van der Waals surface area contributed by atoms with Gasteiger partial charge in [0, 0.05) is 11.1 Å². The highest BCUT2D eigenvalue weighted by atomic mass is 35.5. The van der Waals surface area contributed by atoms with Crippen LogP contribution < -0.4 is 16.1 Å². The average Bonchev–Trinajstić information content (AvgIpc) is 3.06. The molecule has 1 aromatic heterocycles. The Bertz CT molecular complexity index is 2800. The van der Waals surface area contributed by atoms with Crippen LogP contribution in [0.5, 0.6) is 0 Å². The van der Waals surface area contributed by atoms with Crippen molar-refractivity contribution in [1.29, 1.82) is 0 Å². The fourth-order valence-corrected chi connectivity index (χ4v) is 7.34. The lowest BCUT2D eigenvalue weighted by Crippen LogP contribution is -2.28. The molecule has 5 aromatic rings. The summed E-state index contributed by atoms with van der Waals surface area (Å²) in [4.78, 5) is 34.5. The molecule has 0 aliphatic heterocycles. The molecule has 1 aliphatic rings. The van der Waals surface area contributed by atoms with E-state index in [2.05, 4.69) is 36.1 Å². The van der Waals surface area contributed by atoms with E-state index < -0.39 is 96.2 Å². The number of carboxylic acids is 1. The van der Waals surface area contributed by atoms with Gasteiger partial charge in [0.2, 0.25) is 23.0 Å². The molecule has 0 saturated heterocycles.